The van der Waals surface area contributed by atoms with Gasteiger partial charge in [0.2, 0.25) is 5.91 Å². The zero-order valence-corrected chi connectivity index (χ0v) is 15.9. The molecule has 0 aliphatic heterocycles. The zero-order valence-electron chi connectivity index (χ0n) is 14.3. The van der Waals surface area contributed by atoms with Crippen LogP contribution in [0.2, 0.25) is 0 Å². The first-order chi connectivity index (χ1) is 11.7. The third kappa shape index (κ3) is 6.98. The van der Waals surface area contributed by atoms with Crippen molar-refractivity contribution >= 4 is 30.1 Å². The molecule has 0 aliphatic carbocycles. The Labute approximate surface area is 159 Å². The summed E-state index contributed by atoms with van der Waals surface area (Å²) >= 11 is 1.69. The second-order valence-electron chi connectivity index (χ2n) is 5.39. The van der Waals surface area contributed by atoms with E-state index in [-0.39, 0.29) is 18.3 Å². The molecule has 136 valence electrons. The van der Waals surface area contributed by atoms with Gasteiger partial charge in [0.25, 0.3) is 0 Å². The van der Waals surface area contributed by atoms with E-state index in [2.05, 4.69) is 17.4 Å². The van der Waals surface area contributed by atoms with Gasteiger partial charge < -0.3 is 15.8 Å². The summed E-state index contributed by atoms with van der Waals surface area (Å²) in [5.74, 6) is 1.57. The first-order valence-electron chi connectivity index (χ1n) is 8.02. The van der Waals surface area contributed by atoms with Gasteiger partial charge in [-0.2, -0.15) is 11.8 Å². The van der Waals surface area contributed by atoms with Crippen LogP contribution in [0.3, 0.4) is 0 Å². The van der Waals surface area contributed by atoms with Gasteiger partial charge in [0.1, 0.15) is 12.4 Å². The van der Waals surface area contributed by atoms with Crippen molar-refractivity contribution in [2.45, 2.75) is 12.5 Å². The van der Waals surface area contributed by atoms with Gasteiger partial charge in [-0.15, -0.1) is 12.4 Å². The number of carbonyl (C=O) groups is 1. The van der Waals surface area contributed by atoms with Gasteiger partial charge in [-0.1, -0.05) is 48.5 Å². The lowest BCUT2D eigenvalue weighted by molar-refractivity contribution is -0.122. The number of amides is 1. The number of rotatable bonds is 9. The summed E-state index contributed by atoms with van der Waals surface area (Å²) in [5.41, 5.74) is 7.98. The van der Waals surface area contributed by atoms with Crippen LogP contribution >= 0.6 is 24.2 Å². The quantitative estimate of drug-likeness (QED) is 0.655. The van der Waals surface area contributed by atoms with E-state index in [0.717, 1.165) is 22.6 Å². The number of halogens is 1. The van der Waals surface area contributed by atoms with E-state index in [9.17, 15) is 4.79 Å². The fourth-order valence-electron chi connectivity index (χ4n) is 2.29. The predicted molar refractivity (Wildman–Crippen MR) is 109 cm³/mol. The molecule has 0 bridgehead atoms. The van der Waals surface area contributed by atoms with E-state index in [1.165, 1.54) is 0 Å². The van der Waals surface area contributed by atoms with Crippen molar-refractivity contribution in [3.05, 3.63) is 54.6 Å². The molecular weight excluding hydrogens is 356 g/mol. The summed E-state index contributed by atoms with van der Waals surface area (Å²) in [6.07, 6.45) is 2.69. The summed E-state index contributed by atoms with van der Waals surface area (Å²) < 4.78 is 5.84. The second kappa shape index (κ2) is 11.8. The van der Waals surface area contributed by atoms with Crippen LogP contribution in [-0.4, -0.2) is 37.1 Å². The molecule has 4 nitrogen and oxygen atoms in total. The van der Waals surface area contributed by atoms with E-state index in [4.69, 9.17) is 10.5 Å². The van der Waals surface area contributed by atoms with Crippen LogP contribution in [0.5, 0.6) is 5.75 Å². The van der Waals surface area contributed by atoms with Crippen LogP contribution in [0.15, 0.2) is 54.6 Å². The standard InChI is InChI=1S/C19H24N2O2S.ClH/c1-24-14-11-17(20)19(22)21-12-13-23-18-10-6-5-9-16(18)15-7-3-2-4-8-15;/h2-10,17H,11-14,20H2,1H3,(H,21,22);1H/t17-;/m0./s1. The van der Waals surface area contributed by atoms with Crippen molar-refractivity contribution in [1.29, 1.82) is 0 Å². The molecule has 0 fully saturated rings. The average molecular weight is 381 g/mol. The first kappa shape index (κ1) is 21.4. The molecule has 2 aromatic carbocycles. The fourth-order valence-corrected chi connectivity index (χ4v) is 2.78. The Hall–Kier alpha value is -1.69. The van der Waals surface area contributed by atoms with Crippen molar-refractivity contribution in [3.8, 4) is 16.9 Å². The van der Waals surface area contributed by atoms with Gasteiger partial charge in [0.05, 0.1) is 12.6 Å². The van der Waals surface area contributed by atoms with Gasteiger partial charge in [-0.25, -0.2) is 0 Å². The molecule has 0 radical (unpaired) electrons. The van der Waals surface area contributed by atoms with Gasteiger partial charge in [0, 0.05) is 5.56 Å². The van der Waals surface area contributed by atoms with E-state index in [1.807, 2.05) is 48.7 Å². The van der Waals surface area contributed by atoms with E-state index >= 15 is 0 Å². The SMILES string of the molecule is CSCC[C@H](N)C(=O)NCCOc1ccccc1-c1ccccc1.Cl. The first-order valence-corrected chi connectivity index (χ1v) is 9.41. The highest BCUT2D eigenvalue weighted by molar-refractivity contribution is 7.98. The number of ether oxygens (including phenoxy) is 1. The maximum absolute atomic E-state index is 11.8. The Kier molecular flexibility index (Phi) is 10.1. The lowest BCUT2D eigenvalue weighted by Gasteiger charge is -2.14. The highest BCUT2D eigenvalue weighted by atomic mass is 35.5. The number of hydrogen-bond donors (Lipinski definition) is 2. The maximum Gasteiger partial charge on any atom is 0.237 e. The van der Waals surface area contributed by atoms with E-state index in [1.54, 1.807) is 11.8 Å². The van der Waals surface area contributed by atoms with Crippen LogP contribution in [0.4, 0.5) is 0 Å². The molecule has 0 heterocycles. The Morgan fingerprint density at radius 2 is 1.84 bits per heavy atom. The lowest BCUT2D eigenvalue weighted by Crippen LogP contribution is -2.42. The fraction of sp³-hybridized carbons (Fsp3) is 0.316. The molecule has 0 spiro atoms. The highest BCUT2D eigenvalue weighted by Crippen LogP contribution is 2.29. The van der Waals surface area contributed by atoms with Gasteiger partial charge in [-0.05, 0) is 30.1 Å². The third-order valence-electron chi connectivity index (χ3n) is 3.60. The molecule has 0 unspecified atom stereocenters. The normalized spacial score (nSPS) is 11.3. The Morgan fingerprint density at radius 1 is 1.16 bits per heavy atom. The Bertz CT molecular complexity index is 640. The van der Waals surface area contributed by atoms with Crippen molar-refractivity contribution in [2.24, 2.45) is 5.73 Å². The molecule has 0 aliphatic rings. The van der Waals surface area contributed by atoms with Crippen molar-refractivity contribution in [2.75, 3.05) is 25.2 Å². The topological polar surface area (TPSA) is 64.4 Å². The third-order valence-corrected chi connectivity index (χ3v) is 4.24. The van der Waals surface area contributed by atoms with Gasteiger partial charge in [0.15, 0.2) is 0 Å². The molecule has 3 N–H and O–H groups in total. The van der Waals surface area contributed by atoms with E-state index in [0.29, 0.717) is 19.6 Å². The lowest BCUT2D eigenvalue weighted by atomic mass is 10.1. The van der Waals surface area contributed by atoms with Gasteiger partial charge in [-0.3, -0.25) is 4.79 Å². The smallest absolute Gasteiger partial charge is 0.237 e. The highest BCUT2D eigenvalue weighted by Gasteiger charge is 2.12. The van der Waals surface area contributed by atoms with Crippen LogP contribution in [0.1, 0.15) is 6.42 Å². The summed E-state index contributed by atoms with van der Waals surface area (Å²) in [5, 5.41) is 2.82. The summed E-state index contributed by atoms with van der Waals surface area (Å²) in [6.45, 7) is 0.847. The zero-order chi connectivity index (χ0) is 17.2. The van der Waals surface area contributed by atoms with Gasteiger partial charge >= 0.3 is 0 Å². The molecule has 0 saturated carbocycles. The largest absolute Gasteiger partial charge is 0.491 e. The molecule has 2 aromatic rings. The number of para-hydroxylation sites is 1. The minimum Gasteiger partial charge on any atom is -0.491 e. The molecule has 0 saturated heterocycles. The number of thioether (sulfide) groups is 1. The molecule has 6 heteroatoms. The predicted octanol–water partition coefficient (Wildman–Crippen LogP) is 3.35. The molecule has 25 heavy (non-hydrogen) atoms. The average Bonchev–Trinajstić information content (AvgIpc) is 2.64. The second-order valence-corrected chi connectivity index (χ2v) is 6.38. The number of carbonyl (C=O) groups excluding carboxylic acids is 1. The van der Waals surface area contributed by atoms with Crippen LogP contribution in [0, 0.1) is 0 Å². The summed E-state index contributed by atoms with van der Waals surface area (Å²) in [6, 6.07) is 17.5. The van der Waals surface area contributed by atoms with Crippen molar-refractivity contribution < 1.29 is 9.53 Å². The molecule has 0 aromatic heterocycles. The number of nitrogens with two attached hydrogens (primary N) is 1. The number of benzene rings is 2. The summed E-state index contributed by atoms with van der Waals surface area (Å²) in [7, 11) is 0. The molecule has 1 amide bonds. The number of nitrogens with one attached hydrogen (secondary N) is 1. The number of hydrogen-bond acceptors (Lipinski definition) is 4. The minimum atomic E-state index is -0.450. The molecule has 1 atom stereocenters. The minimum absolute atomic E-state index is 0. The maximum atomic E-state index is 11.8. The molecular formula is C19H25ClN2O2S. The summed E-state index contributed by atoms with van der Waals surface area (Å²) in [4.78, 5) is 11.8. The van der Waals surface area contributed by atoms with Crippen molar-refractivity contribution in [1.82, 2.24) is 5.32 Å². The Morgan fingerprint density at radius 3 is 2.56 bits per heavy atom. The van der Waals surface area contributed by atoms with Crippen LogP contribution < -0.4 is 15.8 Å². The Balaban J connectivity index is 0.00000312. The molecule has 2 rings (SSSR count). The van der Waals surface area contributed by atoms with E-state index < -0.39 is 6.04 Å². The van der Waals surface area contributed by atoms with Crippen LogP contribution in [0.25, 0.3) is 11.1 Å². The monoisotopic (exact) mass is 380 g/mol. The van der Waals surface area contributed by atoms with Crippen LogP contribution in [-0.2, 0) is 4.79 Å². The van der Waals surface area contributed by atoms with Crippen molar-refractivity contribution in [3.63, 3.8) is 0 Å².